The maximum atomic E-state index is 10.5. The first-order valence-corrected chi connectivity index (χ1v) is 28.7. The molecular formula is C68H90O4. The van der Waals surface area contributed by atoms with E-state index in [0.29, 0.717) is 0 Å². The molecule has 0 saturated carbocycles. The Kier molecular flexibility index (Phi) is 26.5. The third-order valence-corrected chi connectivity index (χ3v) is 14.7. The van der Waals surface area contributed by atoms with Crippen molar-refractivity contribution in [2.75, 3.05) is 0 Å². The molecule has 0 atom stereocenters. The van der Waals surface area contributed by atoms with Crippen LogP contribution in [0.15, 0.2) is 121 Å². The van der Waals surface area contributed by atoms with E-state index in [1.807, 2.05) is 0 Å². The van der Waals surface area contributed by atoms with Crippen molar-refractivity contribution in [2.24, 2.45) is 0 Å². The van der Waals surface area contributed by atoms with Gasteiger partial charge < -0.3 is 10.2 Å². The largest absolute Gasteiger partial charge is 0.478 e. The van der Waals surface area contributed by atoms with Gasteiger partial charge in [0.2, 0.25) is 0 Å². The number of aromatic carboxylic acids is 2. The van der Waals surface area contributed by atoms with Crippen LogP contribution in [0.3, 0.4) is 0 Å². The van der Waals surface area contributed by atoms with Gasteiger partial charge in [0.15, 0.2) is 0 Å². The highest BCUT2D eigenvalue weighted by molar-refractivity contribution is 6.03. The third kappa shape index (κ3) is 18.8. The number of aryl methyl sites for hydroxylation is 4. The first-order valence-electron chi connectivity index (χ1n) is 28.7. The molecule has 0 heterocycles. The molecule has 7 rings (SSSR count). The highest BCUT2D eigenvalue weighted by Gasteiger charge is 2.14. The fourth-order valence-corrected chi connectivity index (χ4v) is 10.5. The van der Waals surface area contributed by atoms with Crippen LogP contribution in [0.2, 0.25) is 0 Å². The highest BCUT2D eigenvalue weighted by atomic mass is 16.4. The molecule has 2 N–H and O–H groups in total. The van der Waals surface area contributed by atoms with Crippen LogP contribution < -0.4 is 0 Å². The Balaban J connectivity index is 0.000000218. The van der Waals surface area contributed by atoms with Gasteiger partial charge in [0.1, 0.15) is 0 Å². The summed E-state index contributed by atoms with van der Waals surface area (Å²) in [4.78, 5) is 20.9. The summed E-state index contributed by atoms with van der Waals surface area (Å²) < 4.78 is 0. The minimum atomic E-state index is -1.23. The molecule has 0 aromatic heterocycles. The van der Waals surface area contributed by atoms with Crippen LogP contribution in [-0.2, 0) is 25.7 Å². The summed E-state index contributed by atoms with van der Waals surface area (Å²) in [5.41, 5.74) is 5.78. The van der Waals surface area contributed by atoms with Crippen LogP contribution in [-0.4, -0.2) is 22.2 Å². The van der Waals surface area contributed by atoms with Crippen LogP contribution >= 0.6 is 0 Å². The molecule has 0 fully saturated rings. The van der Waals surface area contributed by atoms with Crippen LogP contribution in [0.4, 0.5) is 0 Å². The van der Waals surface area contributed by atoms with E-state index in [9.17, 15) is 9.59 Å². The van der Waals surface area contributed by atoms with Crippen LogP contribution in [0.25, 0.3) is 43.1 Å². The van der Waals surface area contributed by atoms with E-state index in [0.717, 1.165) is 0 Å². The predicted molar refractivity (Wildman–Crippen MR) is 312 cm³/mol. The van der Waals surface area contributed by atoms with Crippen molar-refractivity contribution in [3.8, 4) is 0 Å². The van der Waals surface area contributed by atoms with E-state index in [4.69, 9.17) is 10.2 Å². The van der Waals surface area contributed by atoms with E-state index >= 15 is 0 Å². The number of carboxylic acid groups (broad SMARTS) is 2. The average Bonchev–Trinajstić information content (AvgIpc) is 3.39. The first-order chi connectivity index (χ1) is 35.3. The Morgan fingerprint density at radius 3 is 0.764 bits per heavy atom. The molecule has 0 unspecified atom stereocenters. The second kappa shape index (κ2) is 33.3. The van der Waals surface area contributed by atoms with Crippen molar-refractivity contribution in [2.45, 2.75) is 207 Å². The second-order valence-electron chi connectivity index (χ2n) is 20.5. The summed E-state index contributed by atoms with van der Waals surface area (Å²) >= 11 is 0. The zero-order valence-corrected chi connectivity index (χ0v) is 45.1. The maximum absolute atomic E-state index is 10.5. The molecule has 0 amide bonds. The van der Waals surface area contributed by atoms with E-state index in [1.165, 1.54) is 247 Å². The van der Waals surface area contributed by atoms with Gasteiger partial charge in [0, 0.05) is 0 Å². The smallest absolute Gasteiger partial charge is 0.336 e. The summed E-state index contributed by atoms with van der Waals surface area (Å²) in [7, 11) is 0. The lowest BCUT2D eigenvalue weighted by Crippen LogP contribution is -2.06. The fraction of sp³-hybridized carbons (Fsp3) is 0.471. The number of benzene rings is 7. The van der Waals surface area contributed by atoms with E-state index in [1.54, 1.807) is 22.3 Å². The quantitative estimate of drug-likeness (QED) is 0.0348. The summed E-state index contributed by atoms with van der Waals surface area (Å²) in [6, 6.07) is 42.9. The lowest BCUT2D eigenvalue weighted by Gasteiger charge is -2.12. The van der Waals surface area contributed by atoms with E-state index in [2.05, 4.69) is 125 Å². The van der Waals surface area contributed by atoms with Crippen molar-refractivity contribution in [1.82, 2.24) is 0 Å². The van der Waals surface area contributed by atoms with Crippen LogP contribution in [0.1, 0.15) is 225 Å². The SMILES string of the molecule is CCCCCCCCc1cccc2cc3cccc(CCCCCCCC)c3cc12.CCCCCCCCc1cccc2cc3cccc(CCCCCCCC)c3cc12.O=C(O)c1ccccc1C(=O)O. The van der Waals surface area contributed by atoms with Gasteiger partial charge in [-0.15, -0.1) is 0 Å². The number of fused-ring (bicyclic) bond motifs is 4. The lowest BCUT2D eigenvalue weighted by molar-refractivity contribution is 0.0651. The standard InChI is InChI=1S/2C30H42.C8H6O4/c2*1-3-5-7-9-11-13-17-25-19-15-21-27-23-28-22-16-20-26(30(28)24-29(25)27)18-14-12-10-8-6-4-2;9-7(10)5-3-1-2-4-6(5)8(11)12/h2*15-16,19-24H,3-14,17-18H2,1-2H3;1-4H,(H,9,10)(H,11,12). The van der Waals surface area contributed by atoms with Crippen LogP contribution in [0.5, 0.6) is 0 Å². The molecule has 4 heteroatoms. The van der Waals surface area contributed by atoms with Gasteiger partial charge >= 0.3 is 11.9 Å². The Bertz CT molecular complexity index is 2350. The summed E-state index contributed by atoms with van der Waals surface area (Å²) in [6.07, 6.45) is 37.7. The summed E-state index contributed by atoms with van der Waals surface area (Å²) in [6.45, 7) is 9.17. The number of carbonyl (C=O) groups is 2. The normalized spacial score (nSPS) is 11.2. The molecule has 0 saturated heterocycles. The van der Waals surface area contributed by atoms with Gasteiger partial charge in [0.05, 0.1) is 11.1 Å². The van der Waals surface area contributed by atoms with Gasteiger partial charge in [0.25, 0.3) is 0 Å². The molecule has 386 valence electrons. The van der Waals surface area contributed by atoms with E-state index in [-0.39, 0.29) is 11.1 Å². The zero-order valence-electron chi connectivity index (χ0n) is 45.1. The number of unbranched alkanes of at least 4 members (excludes halogenated alkanes) is 20. The number of hydrogen-bond donors (Lipinski definition) is 2. The maximum Gasteiger partial charge on any atom is 0.336 e. The van der Waals surface area contributed by atoms with E-state index < -0.39 is 11.9 Å². The molecular weight excluding hydrogens is 881 g/mol. The topological polar surface area (TPSA) is 74.6 Å². The van der Waals surface area contributed by atoms with Crippen molar-refractivity contribution in [3.63, 3.8) is 0 Å². The number of rotatable bonds is 30. The van der Waals surface area contributed by atoms with Gasteiger partial charge in [-0.3, -0.25) is 0 Å². The number of hydrogen-bond acceptors (Lipinski definition) is 2. The molecule has 0 aliphatic carbocycles. The van der Waals surface area contributed by atoms with Gasteiger partial charge in [-0.05, 0) is 153 Å². The molecule has 0 aliphatic rings. The summed E-state index contributed by atoms with van der Waals surface area (Å²) in [5, 5.41) is 28.6. The summed E-state index contributed by atoms with van der Waals surface area (Å²) in [5.74, 6) is -2.46. The first kappa shape index (κ1) is 57.4. The molecule has 0 aliphatic heterocycles. The monoisotopic (exact) mass is 971 g/mol. The van der Waals surface area contributed by atoms with Crippen molar-refractivity contribution in [3.05, 3.63) is 155 Å². The average molecular weight is 971 g/mol. The zero-order chi connectivity index (χ0) is 51.2. The Morgan fingerprint density at radius 2 is 0.528 bits per heavy atom. The Morgan fingerprint density at radius 1 is 0.292 bits per heavy atom. The van der Waals surface area contributed by atoms with Gasteiger partial charge in [-0.25, -0.2) is 9.59 Å². The molecule has 0 bridgehead atoms. The van der Waals surface area contributed by atoms with Gasteiger partial charge in [-0.1, -0.05) is 241 Å². The van der Waals surface area contributed by atoms with Crippen molar-refractivity contribution >= 4 is 55.0 Å². The molecule has 72 heavy (non-hydrogen) atoms. The molecule has 7 aromatic carbocycles. The third-order valence-electron chi connectivity index (χ3n) is 14.7. The van der Waals surface area contributed by atoms with Gasteiger partial charge in [-0.2, -0.15) is 0 Å². The predicted octanol–water partition coefficient (Wildman–Crippen LogP) is 20.7. The fourth-order valence-electron chi connectivity index (χ4n) is 10.5. The van der Waals surface area contributed by atoms with Crippen molar-refractivity contribution in [1.29, 1.82) is 0 Å². The minimum absolute atomic E-state index is 0.190. The number of carboxylic acids is 2. The molecule has 0 spiro atoms. The highest BCUT2D eigenvalue weighted by Crippen LogP contribution is 2.32. The molecule has 4 nitrogen and oxygen atoms in total. The Labute approximate surface area is 435 Å². The lowest BCUT2D eigenvalue weighted by atomic mass is 9.93. The molecule has 7 aromatic rings. The van der Waals surface area contributed by atoms with Crippen LogP contribution in [0, 0.1) is 0 Å². The minimum Gasteiger partial charge on any atom is -0.478 e. The Hall–Kier alpha value is -5.48. The molecule has 0 radical (unpaired) electrons. The van der Waals surface area contributed by atoms with Crippen molar-refractivity contribution < 1.29 is 19.8 Å². The second-order valence-corrected chi connectivity index (χ2v) is 20.5.